The van der Waals surface area contributed by atoms with E-state index in [1.807, 2.05) is 36.4 Å². The lowest BCUT2D eigenvalue weighted by atomic mass is 9.99. The number of hydrogen-bond acceptors (Lipinski definition) is 2. The van der Waals surface area contributed by atoms with Crippen molar-refractivity contribution in [3.63, 3.8) is 0 Å². The van der Waals surface area contributed by atoms with Crippen LogP contribution in [0.25, 0.3) is 44.3 Å². The number of nitrogens with zero attached hydrogens (tertiary/aromatic N) is 2. The number of aromatic nitrogens is 2. The fourth-order valence-corrected chi connectivity index (χ4v) is 3.37. The van der Waals surface area contributed by atoms with Crippen LogP contribution in [0.15, 0.2) is 97.1 Å². The van der Waals surface area contributed by atoms with Crippen LogP contribution in [0.2, 0.25) is 0 Å². The maximum Gasteiger partial charge on any atom is 0.0900 e. The molecular formula is C24H16N2. The van der Waals surface area contributed by atoms with Gasteiger partial charge in [0, 0.05) is 10.8 Å². The maximum absolute atomic E-state index is 4.88. The highest BCUT2D eigenvalue weighted by atomic mass is 14.8. The zero-order valence-corrected chi connectivity index (χ0v) is 14.1. The minimum atomic E-state index is 0.895. The third-order valence-corrected chi connectivity index (χ3v) is 4.66. The van der Waals surface area contributed by atoms with Crippen molar-refractivity contribution in [3.8, 4) is 22.5 Å². The Morgan fingerprint density at radius 1 is 0.500 bits per heavy atom. The van der Waals surface area contributed by atoms with E-state index < -0.39 is 0 Å². The van der Waals surface area contributed by atoms with Gasteiger partial charge in [-0.25, -0.2) is 9.97 Å². The van der Waals surface area contributed by atoms with E-state index in [9.17, 15) is 0 Å². The molecule has 0 saturated carbocycles. The third-order valence-electron chi connectivity index (χ3n) is 4.66. The van der Waals surface area contributed by atoms with Crippen LogP contribution < -0.4 is 0 Å². The lowest BCUT2D eigenvalue weighted by Gasteiger charge is -2.10. The summed E-state index contributed by atoms with van der Waals surface area (Å²) >= 11 is 0. The van der Waals surface area contributed by atoms with E-state index >= 15 is 0 Å². The Hall–Kier alpha value is -3.52. The molecule has 2 heteroatoms. The maximum atomic E-state index is 4.88. The smallest absolute Gasteiger partial charge is 0.0900 e. The Kier molecular flexibility index (Phi) is 3.46. The molecule has 0 aliphatic heterocycles. The Labute approximate surface area is 151 Å². The number of benzene rings is 3. The van der Waals surface area contributed by atoms with Crippen LogP contribution in [-0.4, -0.2) is 9.97 Å². The molecule has 5 rings (SSSR count). The highest BCUT2D eigenvalue weighted by molar-refractivity contribution is 5.96. The number of hydrogen-bond donors (Lipinski definition) is 0. The number of para-hydroxylation sites is 2. The quantitative estimate of drug-likeness (QED) is 0.389. The van der Waals surface area contributed by atoms with Gasteiger partial charge < -0.3 is 0 Å². The van der Waals surface area contributed by atoms with E-state index in [-0.39, 0.29) is 0 Å². The fraction of sp³-hybridized carbons (Fsp3) is 0. The van der Waals surface area contributed by atoms with Crippen molar-refractivity contribution in [2.24, 2.45) is 0 Å². The number of fused-ring (bicyclic) bond motifs is 2. The summed E-state index contributed by atoms with van der Waals surface area (Å²) in [5, 5.41) is 2.29. The van der Waals surface area contributed by atoms with Crippen molar-refractivity contribution in [1.82, 2.24) is 9.97 Å². The molecule has 0 spiro atoms. The van der Waals surface area contributed by atoms with Gasteiger partial charge >= 0.3 is 0 Å². The SMILES string of the molecule is c1ccc(-c2cc(-c3ccc4ccccc4n3)nc3ccccc23)cc1. The molecule has 2 heterocycles. The second-order valence-corrected chi connectivity index (χ2v) is 6.33. The zero-order valence-electron chi connectivity index (χ0n) is 14.1. The van der Waals surface area contributed by atoms with Crippen LogP contribution in [0.1, 0.15) is 0 Å². The normalized spacial score (nSPS) is 11.1. The molecule has 0 amide bonds. The van der Waals surface area contributed by atoms with Crippen molar-refractivity contribution in [2.45, 2.75) is 0 Å². The molecule has 0 saturated heterocycles. The number of pyridine rings is 2. The molecule has 0 bridgehead atoms. The first-order valence-corrected chi connectivity index (χ1v) is 8.70. The minimum absolute atomic E-state index is 0.895. The summed E-state index contributed by atoms with van der Waals surface area (Å²) in [6, 6.07) is 33.2. The molecule has 3 aromatic carbocycles. The van der Waals surface area contributed by atoms with E-state index in [2.05, 4.69) is 60.7 Å². The number of rotatable bonds is 2. The Bertz CT molecular complexity index is 1230. The predicted molar refractivity (Wildman–Crippen MR) is 108 cm³/mol. The predicted octanol–water partition coefficient (Wildman–Crippen LogP) is 6.12. The monoisotopic (exact) mass is 332 g/mol. The molecule has 0 unspecified atom stereocenters. The summed E-state index contributed by atoms with van der Waals surface area (Å²) in [7, 11) is 0. The lowest BCUT2D eigenvalue weighted by molar-refractivity contribution is 1.32. The van der Waals surface area contributed by atoms with Gasteiger partial charge in [-0.1, -0.05) is 72.8 Å². The minimum Gasteiger partial charge on any atom is -0.246 e. The van der Waals surface area contributed by atoms with Gasteiger partial charge in [0.1, 0.15) is 0 Å². The van der Waals surface area contributed by atoms with E-state index in [1.165, 1.54) is 11.1 Å². The fourth-order valence-electron chi connectivity index (χ4n) is 3.37. The molecular weight excluding hydrogens is 316 g/mol. The Morgan fingerprint density at radius 3 is 2.08 bits per heavy atom. The second-order valence-electron chi connectivity index (χ2n) is 6.33. The van der Waals surface area contributed by atoms with E-state index in [4.69, 9.17) is 9.97 Å². The van der Waals surface area contributed by atoms with Gasteiger partial charge in [0.15, 0.2) is 0 Å². The van der Waals surface area contributed by atoms with E-state index in [0.29, 0.717) is 0 Å². The summed E-state index contributed by atoms with van der Waals surface area (Å²) in [5.41, 5.74) is 6.13. The highest BCUT2D eigenvalue weighted by Gasteiger charge is 2.10. The highest BCUT2D eigenvalue weighted by Crippen LogP contribution is 2.31. The van der Waals surface area contributed by atoms with Crippen LogP contribution >= 0.6 is 0 Å². The molecule has 0 aliphatic carbocycles. The average Bonchev–Trinajstić information content (AvgIpc) is 2.73. The summed E-state index contributed by atoms with van der Waals surface area (Å²) in [6.07, 6.45) is 0. The third kappa shape index (κ3) is 2.52. The summed E-state index contributed by atoms with van der Waals surface area (Å²) < 4.78 is 0. The van der Waals surface area contributed by atoms with E-state index in [0.717, 1.165) is 33.2 Å². The van der Waals surface area contributed by atoms with Crippen molar-refractivity contribution in [3.05, 3.63) is 97.1 Å². The molecule has 5 aromatic rings. The van der Waals surface area contributed by atoms with Crippen LogP contribution in [-0.2, 0) is 0 Å². The Balaban J connectivity index is 1.77. The first-order chi connectivity index (χ1) is 12.9. The van der Waals surface area contributed by atoms with Crippen LogP contribution in [0.5, 0.6) is 0 Å². The van der Waals surface area contributed by atoms with E-state index in [1.54, 1.807) is 0 Å². The van der Waals surface area contributed by atoms with Gasteiger partial charge in [0.25, 0.3) is 0 Å². The molecule has 26 heavy (non-hydrogen) atoms. The molecule has 122 valence electrons. The first-order valence-electron chi connectivity index (χ1n) is 8.70. The second kappa shape index (κ2) is 6.08. The first kappa shape index (κ1) is 14.8. The summed E-state index contributed by atoms with van der Waals surface area (Å²) in [4.78, 5) is 9.70. The van der Waals surface area contributed by atoms with Gasteiger partial charge in [0.05, 0.1) is 22.4 Å². The summed E-state index contributed by atoms with van der Waals surface area (Å²) in [5.74, 6) is 0. The van der Waals surface area contributed by atoms with Gasteiger partial charge in [-0.2, -0.15) is 0 Å². The van der Waals surface area contributed by atoms with Crippen molar-refractivity contribution >= 4 is 21.8 Å². The molecule has 2 aromatic heterocycles. The topological polar surface area (TPSA) is 25.8 Å². The van der Waals surface area contributed by atoms with Crippen molar-refractivity contribution in [1.29, 1.82) is 0 Å². The zero-order chi connectivity index (χ0) is 17.3. The van der Waals surface area contributed by atoms with Crippen LogP contribution in [0.4, 0.5) is 0 Å². The van der Waals surface area contributed by atoms with Crippen molar-refractivity contribution < 1.29 is 0 Å². The van der Waals surface area contributed by atoms with Crippen LogP contribution in [0.3, 0.4) is 0 Å². The van der Waals surface area contributed by atoms with Gasteiger partial charge in [-0.15, -0.1) is 0 Å². The standard InChI is InChI=1S/C24H16N2/c1-2-8-17(9-3-1)20-16-24(26-22-13-7-5-11-19(20)22)23-15-14-18-10-4-6-12-21(18)25-23/h1-16H. The summed E-state index contributed by atoms with van der Waals surface area (Å²) in [6.45, 7) is 0. The molecule has 0 fully saturated rings. The van der Waals surface area contributed by atoms with Crippen molar-refractivity contribution in [2.75, 3.05) is 0 Å². The van der Waals surface area contributed by atoms with Gasteiger partial charge in [0.2, 0.25) is 0 Å². The molecule has 2 nitrogen and oxygen atoms in total. The lowest BCUT2D eigenvalue weighted by Crippen LogP contribution is -1.92. The Morgan fingerprint density at radius 2 is 1.19 bits per heavy atom. The average molecular weight is 332 g/mol. The van der Waals surface area contributed by atoms with Gasteiger partial charge in [-0.05, 0) is 35.4 Å². The van der Waals surface area contributed by atoms with Crippen LogP contribution in [0, 0.1) is 0 Å². The molecule has 0 aliphatic rings. The van der Waals surface area contributed by atoms with Gasteiger partial charge in [-0.3, -0.25) is 0 Å². The molecule has 0 atom stereocenters. The largest absolute Gasteiger partial charge is 0.246 e. The molecule has 0 radical (unpaired) electrons. The molecule has 0 N–H and O–H groups in total.